The Morgan fingerprint density at radius 3 is 2.75 bits per heavy atom. The van der Waals surface area contributed by atoms with E-state index in [9.17, 15) is 4.79 Å². The maximum absolute atomic E-state index is 11.8. The van der Waals surface area contributed by atoms with Gasteiger partial charge in [-0.25, -0.2) is 0 Å². The van der Waals surface area contributed by atoms with Gasteiger partial charge in [0.15, 0.2) is 0 Å². The molecule has 0 aliphatic carbocycles. The third kappa shape index (κ3) is 4.31. The molecule has 1 aromatic rings. The fourth-order valence-electron chi connectivity index (χ4n) is 2.36. The molecule has 0 bridgehead atoms. The first-order chi connectivity index (χ1) is 9.66. The van der Waals surface area contributed by atoms with E-state index >= 15 is 0 Å². The lowest BCUT2D eigenvalue weighted by atomic mass is 10.1. The number of carbonyl (C=O) groups excluding carboxylic acids is 1. The predicted octanol–water partition coefficient (Wildman–Crippen LogP) is 0.672. The molecule has 2 heterocycles. The number of nitrogens with one attached hydrogen (secondary N) is 1. The highest BCUT2D eigenvalue weighted by atomic mass is 16.5. The zero-order chi connectivity index (χ0) is 14.4. The molecule has 0 saturated carbocycles. The first-order valence-electron chi connectivity index (χ1n) is 7.15. The Morgan fingerprint density at radius 1 is 1.35 bits per heavy atom. The van der Waals surface area contributed by atoms with Crippen LogP contribution in [0.25, 0.3) is 0 Å². The normalized spacial score (nSPS) is 16.3. The predicted molar refractivity (Wildman–Crippen MR) is 74.6 cm³/mol. The van der Waals surface area contributed by atoms with Crippen LogP contribution in [-0.2, 0) is 16.0 Å². The Hall–Kier alpha value is -1.40. The highest BCUT2D eigenvalue weighted by Gasteiger charge is 2.12. The molecule has 0 radical (unpaired) electrons. The van der Waals surface area contributed by atoms with Crippen molar-refractivity contribution in [3.63, 3.8) is 0 Å². The zero-order valence-corrected chi connectivity index (χ0v) is 12.3. The van der Waals surface area contributed by atoms with Gasteiger partial charge in [0.25, 0.3) is 0 Å². The van der Waals surface area contributed by atoms with Crippen LogP contribution in [0.5, 0.6) is 0 Å². The molecule has 1 fully saturated rings. The third-order valence-corrected chi connectivity index (χ3v) is 3.64. The number of carbonyl (C=O) groups is 1. The van der Waals surface area contributed by atoms with E-state index in [2.05, 4.69) is 15.4 Å². The molecule has 1 amide bonds. The number of amides is 1. The molecule has 0 spiro atoms. The quantitative estimate of drug-likeness (QED) is 0.830. The number of aryl methyl sites for hydroxylation is 2. The van der Waals surface area contributed by atoms with Crippen molar-refractivity contribution in [2.45, 2.75) is 26.7 Å². The van der Waals surface area contributed by atoms with Gasteiger partial charge in [0, 0.05) is 38.2 Å². The minimum Gasteiger partial charge on any atom is -0.379 e. The minimum absolute atomic E-state index is 0.0817. The van der Waals surface area contributed by atoms with Crippen LogP contribution in [0.15, 0.2) is 4.52 Å². The monoisotopic (exact) mass is 281 g/mol. The maximum atomic E-state index is 11.8. The first-order valence-corrected chi connectivity index (χ1v) is 7.15. The lowest BCUT2D eigenvalue weighted by Crippen LogP contribution is -2.41. The van der Waals surface area contributed by atoms with Crippen LogP contribution in [0.2, 0.25) is 0 Å². The number of ether oxygens (including phenoxy) is 1. The molecule has 0 atom stereocenters. The number of rotatable bonds is 6. The Labute approximate surface area is 119 Å². The van der Waals surface area contributed by atoms with Crippen molar-refractivity contribution in [1.29, 1.82) is 0 Å². The van der Waals surface area contributed by atoms with E-state index in [1.54, 1.807) is 0 Å². The van der Waals surface area contributed by atoms with Crippen LogP contribution in [0.3, 0.4) is 0 Å². The van der Waals surface area contributed by atoms with Crippen molar-refractivity contribution in [2.75, 3.05) is 39.4 Å². The van der Waals surface area contributed by atoms with Crippen LogP contribution in [0, 0.1) is 13.8 Å². The van der Waals surface area contributed by atoms with Crippen molar-refractivity contribution in [2.24, 2.45) is 0 Å². The summed E-state index contributed by atoms with van der Waals surface area (Å²) in [6.45, 7) is 8.86. The van der Waals surface area contributed by atoms with Gasteiger partial charge >= 0.3 is 0 Å². The molecule has 20 heavy (non-hydrogen) atoms. The molecule has 1 saturated heterocycles. The molecule has 1 aliphatic heterocycles. The fraction of sp³-hybridized carbons (Fsp3) is 0.714. The number of hydrogen-bond donors (Lipinski definition) is 1. The summed E-state index contributed by atoms with van der Waals surface area (Å²) in [5.41, 5.74) is 1.93. The zero-order valence-electron chi connectivity index (χ0n) is 12.3. The van der Waals surface area contributed by atoms with Crippen molar-refractivity contribution in [3.05, 3.63) is 17.0 Å². The smallest absolute Gasteiger partial charge is 0.220 e. The maximum Gasteiger partial charge on any atom is 0.220 e. The molecule has 0 aromatic carbocycles. The van der Waals surface area contributed by atoms with Gasteiger partial charge in [-0.15, -0.1) is 0 Å². The Bertz CT molecular complexity index is 419. The number of nitrogens with zero attached hydrogens (tertiary/aromatic N) is 2. The lowest BCUT2D eigenvalue weighted by molar-refractivity contribution is -0.121. The molecule has 2 rings (SSSR count). The average molecular weight is 281 g/mol. The summed E-state index contributed by atoms with van der Waals surface area (Å²) in [4.78, 5) is 14.1. The molecule has 6 nitrogen and oxygen atoms in total. The summed E-state index contributed by atoms with van der Waals surface area (Å²) in [5, 5.41) is 6.85. The second-order valence-corrected chi connectivity index (χ2v) is 5.11. The van der Waals surface area contributed by atoms with Gasteiger partial charge in [0.05, 0.1) is 18.9 Å². The Kier molecular flexibility index (Phi) is 5.55. The highest BCUT2D eigenvalue weighted by molar-refractivity contribution is 5.76. The molecule has 6 heteroatoms. The Balaban J connectivity index is 1.63. The van der Waals surface area contributed by atoms with E-state index < -0.39 is 0 Å². The summed E-state index contributed by atoms with van der Waals surface area (Å²) in [6, 6.07) is 0. The standard InChI is InChI=1S/C14H23N3O3/c1-11-13(12(2)20-16-11)3-4-14(18)15-5-6-17-7-9-19-10-8-17/h3-10H2,1-2H3,(H,15,18). The van der Waals surface area contributed by atoms with Crippen LogP contribution < -0.4 is 5.32 Å². The van der Waals surface area contributed by atoms with Gasteiger partial charge in [0.2, 0.25) is 5.91 Å². The number of aromatic nitrogens is 1. The largest absolute Gasteiger partial charge is 0.379 e. The van der Waals surface area contributed by atoms with Gasteiger partial charge in [-0.05, 0) is 20.3 Å². The fourth-order valence-corrected chi connectivity index (χ4v) is 2.36. The van der Waals surface area contributed by atoms with Crippen LogP contribution in [0.4, 0.5) is 0 Å². The van der Waals surface area contributed by atoms with Gasteiger partial charge in [-0.1, -0.05) is 5.16 Å². The van der Waals surface area contributed by atoms with Gasteiger partial charge < -0.3 is 14.6 Å². The molecule has 1 aromatic heterocycles. The number of hydrogen-bond acceptors (Lipinski definition) is 5. The van der Waals surface area contributed by atoms with Crippen LogP contribution in [-0.4, -0.2) is 55.4 Å². The summed E-state index contributed by atoms with van der Waals surface area (Å²) in [7, 11) is 0. The minimum atomic E-state index is 0.0817. The highest BCUT2D eigenvalue weighted by Crippen LogP contribution is 2.13. The molecule has 1 N–H and O–H groups in total. The van der Waals surface area contributed by atoms with E-state index in [0.29, 0.717) is 19.4 Å². The first kappa shape index (κ1) is 15.0. The second-order valence-electron chi connectivity index (χ2n) is 5.11. The summed E-state index contributed by atoms with van der Waals surface area (Å²) >= 11 is 0. The summed E-state index contributed by atoms with van der Waals surface area (Å²) < 4.78 is 10.4. The van der Waals surface area contributed by atoms with Crippen molar-refractivity contribution >= 4 is 5.91 Å². The van der Waals surface area contributed by atoms with E-state index in [1.165, 1.54) is 0 Å². The van der Waals surface area contributed by atoms with Crippen molar-refractivity contribution in [1.82, 2.24) is 15.4 Å². The van der Waals surface area contributed by atoms with E-state index in [4.69, 9.17) is 9.26 Å². The summed E-state index contributed by atoms with van der Waals surface area (Å²) in [5.74, 6) is 0.891. The van der Waals surface area contributed by atoms with Crippen molar-refractivity contribution < 1.29 is 14.1 Å². The molecule has 1 aliphatic rings. The molecular weight excluding hydrogens is 258 g/mol. The lowest BCUT2D eigenvalue weighted by Gasteiger charge is -2.26. The van der Waals surface area contributed by atoms with Gasteiger partial charge in [-0.3, -0.25) is 9.69 Å². The van der Waals surface area contributed by atoms with Gasteiger partial charge in [0.1, 0.15) is 5.76 Å². The third-order valence-electron chi connectivity index (χ3n) is 3.64. The second kappa shape index (κ2) is 7.40. The average Bonchev–Trinajstić information content (AvgIpc) is 2.77. The number of morpholine rings is 1. The Morgan fingerprint density at radius 2 is 2.10 bits per heavy atom. The molecular formula is C14H23N3O3. The molecule has 112 valence electrons. The van der Waals surface area contributed by atoms with Crippen LogP contribution >= 0.6 is 0 Å². The van der Waals surface area contributed by atoms with E-state index in [0.717, 1.165) is 49.9 Å². The SMILES string of the molecule is Cc1noc(C)c1CCC(=O)NCCN1CCOCC1. The topological polar surface area (TPSA) is 67.6 Å². The summed E-state index contributed by atoms with van der Waals surface area (Å²) in [6.07, 6.45) is 1.16. The van der Waals surface area contributed by atoms with Crippen molar-refractivity contribution in [3.8, 4) is 0 Å². The van der Waals surface area contributed by atoms with E-state index in [1.807, 2.05) is 13.8 Å². The van der Waals surface area contributed by atoms with Crippen LogP contribution in [0.1, 0.15) is 23.4 Å². The molecule has 0 unspecified atom stereocenters. The van der Waals surface area contributed by atoms with E-state index in [-0.39, 0.29) is 5.91 Å². The van der Waals surface area contributed by atoms with Gasteiger partial charge in [-0.2, -0.15) is 0 Å².